The molecule has 1 amide bonds. The molecule has 1 aliphatic heterocycles. The maximum Gasteiger partial charge on any atom is 0.228 e. The van der Waals surface area contributed by atoms with Crippen LogP contribution in [-0.4, -0.2) is 5.91 Å². The molecule has 0 saturated heterocycles. The van der Waals surface area contributed by atoms with E-state index in [-0.39, 0.29) is 5.91 Å². The number of hydrogen-bond acceptors (Lipinski definition) is 1. The van der Waals surface area contributed by atoms with Crippen molar-refractivity contribution < 1.29 is 4.79 Å². The second-order valence-electron chi connectivity index (χ2n) is 4.96. The molecule has 1 atom stereocenters. The first-order valence-electron chi connectivity index (χ1n) is 6.77. The number of halogens is 1. The largest absolute Gasteiger partial charge is 0.326 e. The van der Waals surface area contributed by atoms with E-state index in [4.69, 9.17) is 0 Å². The van der Waals surface area contributed by atoms with Crippen LogP contribution in [0.2, 0.25) is 0 Å². The number of carbonyl (C=O) groups excluding carboxylic acids is 1. The molecule has 1 unspecified atom stereocenters. The van der Waals surface area contributed by atoms with Gasteiger partial charge in [0.25, 0.3) is 0 Å². The third-order valence-electron chi connectivity index (χ3n) is 3.43. The lowest BCUT2D eigenvalue weighted by molar-refractivity contribution is -0.115. The number of rotatable bonds is 6. The summed E-state index contributed by atoms with van der Waals surface area (Å²) in [5.41, 5.74) is 3.41. The summed E-state index contributed by atoms with van der Waals surface area (Å²) in [6, 6.07) is 6.30. The average Bonchev–Trinajstić information content (AvgIpc) is 2.73. The van der Waals surface area contributed by atoms with E-state index >= 15 is 0 Å². The second kappa shape index (κ2) is 6.37. The van der Waals surface area contributed by atoms with Gasteiger partial charge < -0.3 is 5.32 Å². The Morgan fingerprint density at radius 1 is 1.33 bits per heavy atom. The molecule has 98 valence electrons. The lowest BCUT2D eigenvalue weighted by Crippen LogP contribution is -2.03. The molecule has 1 heterocycles. The predicted molar refractivity (Wildman–Crippen MR) is 79.2 cm³/mol. The van der Waals surface area contributed by atoms with Crippen molar-refractivity contribution in [1.29, 1.82) is 0 Å². The summed E-state index contributed by atoms with van der Waals surface area (Å²) in [6.07, 6.45) is 6.86. The molecule has 0 fully saturated rings. The fourth-order valence-corrected chi connectivity index (χ4v) is 2.97. The molecule has 0 bridgehead atoms. The fraction of sp³-hybridized carbons (Fsp3) is 0.533. The monoisotopic (exact) mass is 309 g/mol. The van der Waals surface area contributed by atoms with Gasteiger partial charge in [0.15, 0.2) is 0 Å². The minimum atomic E-state index is 0.108. The normalized spacial score (nSPS) is 15.3. The molecule has 2 nitrogen and oxygen atoms in total. The van der Waals surface area contributed by atoms with Crippen molar-refractivity contribution in [2.24, 2.45) is 0 Å². The maximum absolute atomic E-state index is 11.3. The summed E-state index contributed by atoms with van der Waals surface area (Å²) in [4.78, 5) is 11.7. The van der Waals surface area contributed by atoms with Crippen molar-refractivity contribution in [3.05, 3.63) is 29.3 Å². The van der Waals surface area contributed by atoms with Gasteiger partial charge in [0, 0.05) is 10.5 Å². The Morgan fingerprint density at radius 3 is 2.94 bits per heavy atom. The van der Waals surface area contributed by atoms with Crippen LogP contribution in [-0.2, 0) is 11.2 Å². The number of nitrogens with one attached hydrogen (secondary N) is 1. The van der Waals surface area contributed by atoms with Gasteiger partial charge in [0.05, 0.1) is 6.42 Å². The third-order valence-corrected chi connectivity index (χ3v) is 4.41. The molecule has 2 rings (SSSR count). The first kappa shape index (κ1) is 13.6. The van der Waals surface area contributed by atoms with Gasteiger partial charge in [-0.2, -0.15) is 0 Å². The Morgan fingerprint density at radius 2 is 2.17 bits per heavy atom. The first-order chi connectivity index (χ1) is 8.70. The van der Waals surface area contributed by atoms with Gasteiger partial charge in [-0.25, -0.2) is 0 Å². The lowest BCUT2D eigenvalue weighted by Gasteiger charge is -2.11. The summed E-state index contributed by atoms with van der Waals surface area (Å²) in [7, 11) is 0. The topological polar surface area (TPSA) is 29.1 Å². The van der Waals surface area contributed by atoms with Gasteiger partial charge in [-0.05, 0) is 23.6 Å². The number of alkyl halides is 1. The molecule has 1 aromatic carbocycles. The first-order valence-corrected chi connectivity index (χ1v) is 7.69. The molecular formula is C15H20BrNO. The minimum absolute atomic E-state index is 0.108. The number of carbonyl (C=O) groups is 1. The van der Waals surface area contributed by atoms with Crippen molar-refractivity contribution >= 4 is 27.5 Å². The number of fused-ring (bicyclic) bond motifs is 1. The average molecular weight is 310 g/mol. The molecule has 1 N–H and O–H groups in total. The van der Waals surface area contributed by atoms with E-state index in [2.05, 4.69) is 40.3 Å². The van der Waals surface area contributed by atoms with E-state index in [1.165, 1.54) is 37.7 Å². The zero-order valence-corrected chi connectivity index (χ0v) is 12.4. The van der Waals surface area contributed by atoms with Crippen molar-refractivity contribution in [2.45, 2.75) is 50.3 Å². The highest BCUT2D eigenvalue weighted by atomic mass is 79.9. The van der Waals surface area contributed by atoms with Crippen molar-refractivity contribution in [2.75, 3.05) is 5.32 Å². The van der Waals surface area contributed by atoms with Gasteiger partial charge in [0.2, 0.25) is 5.91 Å². The number of amides is 1. The van der Waals surface area contributed by atoms with Crippen LogP contribution in [0.3, 0.4) is 0 Å². The maximum atomic E-state index is 11.3. The van der Waals surface area contributed by atoms with Crippen LogP contribution < -0.4 is 5.32 Å². The van der Waals surface area contributed by atoms with Crippen molar-refractivity contribution in [3.63, 3.8) is 0 Å². The van der Waals surface area contributed by atoms with Gasteiger partial charge in [-0.15, -0.1) is 0 Å². The second-order valence-corrected chi connectivity index (χ2v) is 6.06. The quantitative estimate of drug-likeness (QED) is 0.604. The van der Waals surface area contributed by atoms with Crippen molar-refractivity contribution in [3.8, 4) is 0 Å². The molecule has 18 heavy (non-hydrogen) atoms. The smallest absolute Gasteiger partial charge is 0.228 e. The molecule has 0 aromatic heterocycles. The van der Waals surface area contributed by atoms with Crippen LogP contribution in [0.25, 0.3) is 0 Å². The van der Waals surface area contributed by atoms with Gasteiger partial charge in [-0.3, -0.25) is 4.79 Å². The Bertz CT molecular complexity index is 431. The van der Waals surface area contributed by atoms with E-state index in [9.17, 15) is 4.79 Å². The van der Waals surface area contributed by atoms with Crippen LogP contribution in [0.1, 0.15) is 55.0 Å². The molecule has 0 radical (unpaired) electrons. The van der Waals surface area contributed by atoms with Crippen molar-refractivity contribution in [1.82, 2.24) is 0 Å². The summed E-state index contributed by atoms with van der Waals surface area (Å²) >= 11 is 3.76. The van der Waals surface area contributed by atoms with Gasteiger partial charge >= 0.3 is 0 Å². The van der Waals surface area contributed by atoms with E-state index in [0.29, 0.717) is 11.2 Å². The zero-order chi connectivity index (χ0) is 13.0. The molecule has 3 heteroatoms. The predicted octanol–water partition coefficient (Wildman–Crippen LogP) is 4.59. The summed E-state index contributed by atoms with van der Waals surface area (Å²) < 4.78 is 0. The number of benzene rings is 1. The van der Waals surface area contributed by atoms with Gasteiger partial charge in [-0.1, -0.05) is 60.7 Å². The standard InChI is InChI=1S/C15H20BrNO/c1-2-3-4-5-6-13(16)11-7-8-14-12(9-11)10-15(18)17-14/h7-9,13H,2-6,10H2,1H3,(H,17,18). The number of anilines is 1. The number of unbranched alkanes of at least 4 members (excludes halogenated alkanes) is 3. The molecule has 1 aliphatic rings. The Hall–Kier alpha value is -0.830. The summed E-state index contributed by atoms with van der Waals surface area (Å²) in [5.74, 6) is 0.108. The Kier molecular flexibility index (Phi) is 4.81. The van der Waals surface area contributed by atoms with Crippen LogP contribution in [0.4, 0.5) is 5.69 Å². The minimum Gasteiger partial charge on any atom is -0.326 e. The molecule has 0 aliphatic carbocycles. The SMILES string of the molecule is CCCCCCC(Br)c1ccc2c(c1)CC(=O)N2. The molecular weight excluding hydrogens is 290 g/mol. The summed E-state index contributed by atoms with van der Waals surface area (Å²) in [6.45, 7) is 2.23. The van der Waals surface area contributed by atoms with Crippen LogP contribution in [0, 0.1) is 0 Å². The highest BCUT2D eigenvalue weighted by Gasteiger charge is 2.18. The van der Waals surface area contributed by atoms with E-state index in [1.54, 1.807) is 0 Å². The highest BCUT2D eigenvalue weighted by Crippen LogP contribution is 2.33. The van der Waals surface area contributed by atoms with Crippen LogP contribution >= 0.6 is 15.9 Å². The molecule has 1 aromatic rings. The number of hydrogen-bond donors (Lipinski definition) is 1. The molecule has 0 spiro atoms. The highest BCUT2D eigenvalue weighted by molar-refractivity contribution is 9.09. The summed E-state index contributed by atoms with van der Waals surface area (Å²) in [5, 5.41) is 2.87. The van der Waals surface area contributed by atoms with E-state index < -0.39 is 0 Å². The van der Waals surface area contributed by atoms with Gasteiger partial charge in [0.1, 0.15) is 0 Å². The lowest BCUT2D eigenvalue weighted by atomic mass is 10.0. The Labute approximate surface area is 117 Å². The zero-order valence-electron chi connectivity index (χ0n) is 10.8. The third kappa shape index (κ3) is 3.35. The fourth-order valence-electron chi connectivity index (χ4n) is 2.36. The Balaban J connectivity index is 1.93. The molecule has 0 saturated carbocycles. The van der Waals surface area contributed by atoms with E-state index in [1.807, 2.05) is 6.07 Å². The van der Waals surface area contributed by atoms with E-state index in [0.717, 1.165) is 11.3 Å². The van der Waals surface area contributed by atoms with Crippen LogP contribution in [0.15, 0.2) is 18.2 Å². The van der Waals surface area contributed by atoms with Crippen LogP contribution in [0.5, 0.6) is 0 Å².